The van der Waals surface area contributed by atoms with Crippen molar-refractivity contribution in [2.24, 2.45) is 11.7 Å². The monoisotopic (exact) mass is 489 g/mol. The Morgan fingerprint density at radius 1 is 1.18 bits per heavy atom. The van der Waals surface area contributed by atoms with Crippen molar-refractivity contribution >= 4 is 50.7 Å². The fourth-order valence-electron chi connectivity index (χ4n) is 4.69. The van der Waals surface area contributed by atoms with Crippen LogP contribution in [-0.4, -0.2) is 16.8 Å². The van der Waals surface area contributed by atoms with Gasteiger partial charge < -0.3 is 11.1 Å². The first-order valence-electron chi connectivity index (χ1n) is 11.4. The lowest BCUT2D eigenvalue weighted by Crippen LogP contribution is -2.20. The highest BCUT2D eigenvalue weighted by molar-refractivity contribution is 7.17. The number of rotatable bonds is 5. The van der Waals surface area contributed by atoms with Gasteiger partial charge in [0.15, 0.2) is 0 Å². The third kappa shape index (κ3) is 4.08. The average molecular weight is 490 g/mol. The maximum Gasteiger partial charge on any atom is 0.257 e. The molecular weight excluding hydrogens is 466 g/mol. The zero-order valence-electron chi connectivity index (χ0n) is 18.7. The van der Waals surface area contributed by atoms with Gasteiger partial charge in [-0.1, -0.05) is 61.3 Å². The van der Waals surface area contributed by atoms with Gasteiger partial charge in [-0.05, 0) is 48.9 Å². The number of hydrogen-bond donors (Lipinski definition) is 2. The van der Waals surface area contributed by atoms with Crippen LogP contribution in [0.4, 0.5) is 5.00 Å². The minimum Gasteiger partial charge on any atom is -0.365 e. The predicted octanol–water partition coefficient (Wildman–Crippen LogP) is 6.48. The minimum atomic E-state index is -0.501. The number of halogens is 1. The summed E-state index contributed by atoms with van der Waals surface area (Å²) in [6.45, 7) is 2.19. The molecule has 0 radical (unpaired) electrons. The number of primary amides is 1. The second kappa shape index (κ2) is 9.20. The van der Waals surface area contributed by atoms with Gasteiger partial charge in [0.25, 0.3) is 11.8 Å². The standard InChI is InChI=1S/C27H24ClN3O2S/c1-2-15-11-12-18-23(13-15)34-27(24(18)25(29)32)31-26(33)19-14-22(17-8-3-5-9-20(17)28)30-21-10-6-4-7-16(19)21/h3-10,14-15H,2,11-13H2,1H3,(H2,29,32)(H,31,33). The summed E-state index contributed by atoms with van der Waals surface area (Å²) in [5.74, 6) is -0.211. The largest absolute Gasteiger partial charge is 0.365 e. The Bertz CT molecular complexity index is 1430. The molecule has 0 saturated carbocycles. The Kier molecular flexibility index (Phi) is 6.11. The van der Waals surface area contributed by atoms with Gasteiger partial charge in [0.1, 0.15) is 5.00 Å². The summed E-state index contributed by atoms with van der Waals surface area (Å²) < 4.78 is 0. The summed E-state index contributed by atoms with van der Waals surface area (Å²) in [5.41, 5.74) is 9.73. The Morgan fingerprint density at radius 2 is 1.94 bits per heavy atom. The predicted molar refractivity (Wildman–Crippen MR) is 139 cm³/mol. The van der Waals surface area contributed by atoms with Crippen molar-refractivity contribution in [2.45, 2.75) is 32.6 Å². The van der Waals surface area contributed by atoms with Gasteiger partial charge in [0.2, 0.25) is 0 Å². The van der Waals surface area contributed by atoms with E-state index in [2.05, 4.69) is 12.2 Å². The van der Waals surface area contributed by atoms with Gasteiger partial charge in [-0.25, -0.2) is 4.98 Å². The first-order chi connectivity index (χ1) is 16.5. The highest BCUT2D eigenvalue weighted by Gasteiger charge is 2.28. The van der Waals surface area contributed by atoms with E-state index in [9.17, 15) is 9.59 Å². The van der Waals surface area contributed by atoms with Crippen molar-refractivity contribution in [3.05, 3.63) is 81.2 Å². The zero-order valence-corrected chi connectivity index (χ0v) is 20.3. The summed E-state index contributed by atoms with van der Waals surface area (Å²) in [5, 5.41) is 4.81. The van der Waals surface area contributed by atoms with Crippen LogP contribution in [0.3, 0.4) is 0 Å². The van der Waals surface area contributed by atoms with Crippen LogP contribution >= 0.6 is 22.9 Å². The van der Waals surface area contributed by atoms with Crippen LogP contribution in [-0.2, 0) is 12.8 Å². The lowest BCUT2D eigenvalue weighted by molar-refractivity contribution is 0.1000. The molecule has 2 amide bonds. The van der Waals surface area contributed by atoms with E-state index in [1.807, 2.05) is 42.5 Å². The molecule has 2 heterocycles. The Labute approximate surface area is 207 Å². The molecule has 0 saturated heterocycles. The van der Waals surface area contributed by atoms with Crippen LogP contribution in [0.1, 0.15) is 50.9 Å². The molecule has 0 aliphatic heterocycles. The van der Waals surface area contributed by atoms with Crippen molar-refractivity contribution in [3.63, 3.8) is 0 Å². The number of amides is 2. The number of pyridine rings is 1. The molecule has 4 aromatic rings. The molecule has 1 aliphatic carbocycles. The number of anilines is 1. The summed E-state index contributed by atoms with van der Waals surface area (Å²) in [6.07, 6.45) is 3.86. The summed E-state index contributed by atoms with van der Waals surface area (Å²) >= 11 is 7.89. The van der Waals surface area contributed by atoms with Crippen molar-refractivity contribution in [1.29, 1.82) is 0 Å². The van der Waals surface area contributed by atoms with Crippen LogP contribution in [0.5, 0.6) is 0 Å². The molecule has 0 spiro atoms. The lowest BCUT2D eigenvalue weighted by Gasteiger charge is -2.20. The van der Waals surface area contributed by atoms with E-state index in [1.165, 1.54) is 11.3 Å². The van der Waals surface area contributed by atoms with Crippen LogP contribution in [0.25, 0.3) is 22.2 Å². The number of benzene rings is 2. The van der Waals surface area contributed by atoms with Crippen molar-refractivity contribution < 1.29 is 9.59 Å². The number of nitrogens with one attached hydrogen (secondary N) is 1. The molecule has 0 fully saturated rings. The average Bonchev–Trinajstić information content (AvgIpc) is 3.20. The number of nitrogens with zero attached hydrogens (tertiary/aromatic N) is 1. The molecule has 5 nitrogen and oxygen atoms in total. The molecule has 172 valence electrons. The molecule has 1 aliphatic rings. The number of aromatic nitrogens is 1. The Morgan fingerprint density at radius 3 is 2.71 bits per heavy atom. The first kappa shape index (κ1) is 22.6. The van der Waals surface area contributed by atoms with E-state index in [0.29, 0.717) is 38.3 Å². The molecular formula is C27H24ClN3O2S. The topological polar surface area (TPSA) is 85.1 Å². The van der Waals surface area contributed by atoms with Gasteiger partial charge in [-0.15, -0.1) is 11.3 Å². The zero-order chi connectivity index (χ0) is 23.8. The van der Waals surface area contributed by atoms with Crippen LogP contribution in [0.2, 0.25) is 5.02 Å². The Hall–Kier alpha value is -3.22. The molecule has 1 atom stereocenters. The van der Waals surface area contributed by atoms with Gasteiger partial charge in [0, 0.05) is 20.8 Å². The number of para-hydroxylation sites is 1. The van der Waals surface area contributed by atoms with E-state index in [4.69, 9.17) is 22.3 Å². The normalized spacial score (nSPS) is 15.2. The number of thiophene rings is 1. The molecule has 0 bridgehead atoms. The molecule has 3 N–H and O–H groups in total. The fraction of sp³-hybridized carbons (Fsp3) is 0.222. The van der Waals surface area contributed by atoms with Crippen molar-refractivity contribution in [1.82, 2.24) is 4.98 Å². The summed E-state index contributed by atoms with van der Waals surface area (Å²) in [6, 6.07) is 16.7. The van der Waals surface area contributed by atoms with Gasteiger partial charge >= 0.3 is 0 Å². The first-order valence-corrected chi connectivity index (χ1v) is 12.6. The fourth-order valence-corrected chi connectivity index (χ4v) is 6.29. The summed E-state index contributed by atoms with van der Waals surface area (Å²) in [7, 11) is 0. The molecule has 1 unspecified atom stereocenters. The minimum absolute atomic E-state index is 0.306. The lowest BCUT2D eigenvalue weighted by atomic mass is 9.85. The van der Waals surface area contributed by atoms with E-state index >= 15 is 0 Å². The number of carbonyl (C=O) groups is 2. The number of nitrogens with two attached hydrogens (primary N) is 1. The van der Waals surface area contributed by atoms with E-state index in [1.54, 1.807) is 12.1 Å². The quantitative estimate of drug-likeness (QED) is 0.336. The molecule has 34 heavy (non-hydrogen) atoms. The maximum absolute atomic E-state index is 13.6. The second-order valence-corrected chi connectivity index (χ2v) is 10.1. The van der Waals surface area contributed by atoms with E-state index in [-0.39, 0.29) is 5.91 Å². The van der Waals surface area contributed by atoms with Gasteiger partial charge in [-0.3, -0.25) is 9.59 Å². The molecule has 7 heteroatoms. The van der Waals surface area contributed by atoms with Crippen LogP contribution in [0.15, 0.2) is 54.6 Å². The van der Waals surface area contributed by atoms with E-state index < -0.39 is 5.91 Å². The van der Waals surface area contributed by atoms with Crippen molar-refractivity contribution in [2.75, 3.05) is 5.32 Å². The van der Waals surface area contributed by atoms with E-state index in [0.717, 1.165) is 47.1 Å². The molecule has 5 rings (SSSR count). The van der Waals surface area contributed by atoms with Crippen LogP contribution in [0, 0.1) is 5.92 Å². The number of hydrogen-bond acceptors (Lipinski definition) is 4. The third-order valence-corrected chi connectivity index (χ3v) is 8.03. The highest BCUT2D eigenvalue weighted by Crippen LogP contribution is 2.40. The molecule has 2 aromatic carbocycles. The van der Waals surface area contributed by atoms with Gasteiger partial charge in [0.05, 0.1) is 22.3 Å². The maximum atomic E-state index is 13.6. The molecule has 2 aromatic heterocycles. The van der Waals surface area contributed by atoms with Crippen molar-refractivity contribution in [3.8, 4) is 11.3 Å². The second-order valence-electron chi connectivity index (χ2n) is 8.60. The number of carbonyl (C=O) groups excluding carboxylic acids is 2. The smallest absolute Gasteiger partial charge is 0.257 e. The van der Waals surface area contributed by atoms with Crippen LogP contribution < -0.4 is 11.1 Å². The highest BCUT2D eigenvalue weighted by atomic mass is 35.5. The number of fused-ring (bicyclic) bond motifs is 2. The SMILES string of the molecule is CCC1CCc2c(sc(NC(=O)c3cc(-c4ccccc4Cl)nc4ccccc34)c2C(N)=O)C1. The third-order valence-electron chi connectivity index (χ3n) is 6.53. The summed E-state index contributed by atoms with van der Waals surface area (Å²) in [4.78, 5) is 31.8. The Balaban J connectivity index is 1.58. The van der Waals surface area contributed by atoms with Gasteiger partial charge in [-0.2, -0.15) is 0 Å².